The van der Waals surface area contributed by atoms with Gasteiger partial charge >= 0.3 is 0 Å². The summed E-state index contributed by atoms with van der Waals surface area (Å²) in [5.41, 5.74) is 2.94. The summed E-state index contributed by atoms with van der Waals surface area (Å²) in [6.45, 7) is 1.31. The van der Waals surface area contributed by atoms with Gasteiger partial charge in [0, 0.05) is 10.5 Å². The average molecular weight is 389 g/mol. The van der Waals surface area contributed by atoms with Crippen LogP contribution in [0.25, 0.3) is 11.0 Å². The van der Waals surface area contributed by atoms with Gasteiger partial charge in [-0.3, -0.25) is 0 Å². The van der Waals surface area contributed by atoms with E-state index in [0.717, 1.165) is 33.7 Å². The van der Waals surface area contributed by atoms with Crippen LogP contribution in [0.5, 0.6) is 5.75 Å². The Morgan fingerprint density at radius 2 is 1.96 bits per heavy atom. The second-order valence-electron chi connectivity index (χ2n) is 5.23. The van der Waals surface area contributed by atoms with Gasteiger partial charge in [0.2, 0.25) is 0 Å². The molecule has 0 aliphatic rings. The fourth-order valence-electron chi connectivity index (χ4n) is 2.41. The summed E-state index contributed by atoms with van der Waals surface area (Å²) in [6.07, 6.45) is 1.84. The van der Waals surface area contributed by atoms with E-state index in [1.54, 1.807) is 0 Å². The topological polar surface area (TPSA) is 52.3 Å². The number of ether oxygens (including phenoxy) is 1. The predicted molar refractivity (Wildman–Crippen MR) is 102 cm³/mol. The zero-order chi connectivity index (χ0) is 17.1. The number of hydrogen-bond acceptors (Lipinski definition) is 6. The summed E-state index contributed by atoms with van der Waals surface area (Å²) in [5, 5.41) is 0.447. The van der Waals surface area contributed by atoms with Crippen molar-refractivity contribution in [2.45, 2.75) is 6.54 Å². The third kappa shape index (κ3) is 3.73. The van der Waals surface area contributed by atoms with E-state index >= 15 is 0 Å². The van der Waals surface area contributed by atoms with Crippen LogP contribution in [0.2, 0.25) is 5.15 Å². The summed E-state index contributed by atoms with van der Waals surface area (Å²) in [5.74, 6) is 0.807. The number of aromatic nitrogens is 3. The lowest BCUT2D eigenvalue weighted by Gasteiger charge is -2.07. The van der Waals surface area contributed by atoms with Crippen LogP contribution < -0.4 is 9.41 Å². The van der Waals surface area contributed by atoms with E-state index in [0.29, 0.717) is 11.8 Å². The fraction of sp³-hybridized carbons (Fsp3) is 0.118. The molecule has 2 heterocycles. The van der Waals surface area contributed by atoms with Crippen LogP contribution in [-0.4, -0.2) is 20.5 Å². The monoisotopic (exact) mass is 388 g/mol. The van der Waals surface area contributed by atoms with Crippen molar-refractivity contribution >= 4 is 49.2 Å². The molecule has 0 atom stereocenters. The van der Waals surface area contributed by atoms with Gasteiger partial charge in [-0.15, -0.1) is 0 Å². The van der Waals surface area contributed by atoms with Gasteiger partial charge < -0.3 is 9.30 Å². The van der Waals surface area contributed by atoms with Crippen molar-refractivity contribution in [3.8, 4) is 5.75 Å². The number of rotatable bonds is 5. The molecule has 2 aromatic heterocycles. The van der Waals surface area contributed by atoms with Crippen molar-refractivity contribution in [3.05, 3.63) is 64.7 Å². The lowest BCUT2D eigenvalue weighted by Crippen LogP contribution is -2.07. The number of halogens is 1. The second kappa shape index (κ2) is 7.35. The van der Waals surface area contributed by atoms with Crippen LogP contribution in [0.1, 0.15) is 0 Å². The van der Waals surface area contributed by atoms with Gasteiger partial charge in [-0.25, -0.2) is 9.98 Å². The van der Waals surface area contributed by atoms with Gasteiger partial charge in [-0.05, 0) is 46.7 Å². The molecule has 8 heteroatoms. The number of hydrogen-bond donors (Lipinski definition) is 0. The number of nitrogens with zero attached hydrogens (tertiary/aromatic N) is 4. The van der Waals surface area contributed by atoms with Gasteiger partial charge in [0.25, 0.3) is 0 Å². The van der Waals surface area contributed by atoms with E-state index in [1.165, 1.54) is 20.9 Å². The quantitative estimate of drug-likeness (QED) is 0.472. The first kappa shape index (κ1) is 16.3. The molecule has 0 amide bonds. The summed E-state index contributed by atoms with van der Waals surface area (Å²) in [4.78, 5) is 8.84. The van der Waals surface area contributed by atoms with E-state index in [9.17, 15) is 0 Å². The molecule has 2 aromatic carbocycles. The molecule has 0 bridgehead atoms. The minimum Gasteiger partial charge on any atom is -0.492 e. The van der Waals surface area contributed by atoms with E-state index in [2.05, 4.69) is 25.0 Å². The maximum Gasteiger partial charge on any atom is 0.179 e. The van der Waals surface area contributed by atoms with Crippen molar-refractivity contribution in [2.75, 3.05) is 6.61 Å². The Bertz CT molecular complexity index is 1050. The Balaban J connectivity index is 1.39. The summed E-state index contributed by atoms with van der Waals surface area (Å²) in [7, 11) is 2.79. The predicted octanol–water partition coefficient (Wildman–Crippen LogP) is 4.52. The van der Waals surface area contributed by atoms with Crippen LogP contribution in [0, 0.1) is 0 Å². The smallest absolute Gasteiger partial charge is 0.179 e. The van der Waals surface area contributed by atoms with E-state index < -0.39 is 0 Å². The second-order valence-corrected chi connectivity index (χ2v) is 7.42. The molecular formula is C17H13ClN4OS2. The first-order valence-electron chi connectivity index (χ1n) is 7.58. The zero-order valence-electron chi connectivity index (χ0n) is 13.0. The molecule has 0 spiro atoms. The van der Waals surface area contributed by atoms with Crippen LogP contribution in [0.15, 0.2) is 59.9 Å². The van der Waals surface area contributed by atoms with Crippen LogP contribution >= 0.6 is 32.5 Å². The van der Waals surface area contributed by atoms with Crippen molar-refractivity contribution in [1.82, 2.24) is 13.9 Å². The van der Waals surface area contributed by atoms with Crippen LogP contribution in [0.4, 0.5) is 5.69 Å². The largest absolute Gasteiger partial charge is 0.492 e. The summed E-state index contributed by atoms with van der Waals surface area (Å²) < 4.78 is 12.7. The first-order valence-corrected chi connectivity index (χ1v) is 10.1. The molecule has 0 aliphatic heterocycles. The van der Waals surface area contributed by atoms with Crippen LogP contribution in [-0.2, 0) is 6.54 Å². The average Bonchev–Trinajstić information content (AvgIpc) is 3.23. The van der Waals surface area contributed by atoms with Gasteiger partial charge in [-0.1, -0.05) is 23.7 Å². The molecule has 5 nitrogen and oxygen atoms in total. The Morgan fingerprint density at radius 1 is 1.12 bits per heavy atom. The molecule has 126 valence electrons. The Hall–Kier alpha value is -2.22. The third-order valence-corrected chi connectivity index (χ3v) is 5.78. The maximum absolute atomic E-state index is 5.96. The highest BCUT2D eigenvalue weighted by Gasteiger charge is 2.02. The number of para-hydroxylation sites is 2. The number of imidazole rings is 1. The molecule has 0 N–H and O–H groups in total. The molecule has 0 unspecified atom stereocenters. The van der Waals surface area contributed by atoms with Crippen molar-refractivity contribution in [3.63, 3.8) is 0 Å². The van der Waals surface area contributed by atoms with Gasteiger partial charge in [0.15, 0.2) is 9.82 Å². The Kier molecular flexibility index (Phi) is 4.78. The highest BCUT2D eigenvalue weighted by Crippen LogP contribution is 2.19. The first-order chi connectivity index (χ1) is 12.3. The highest BCUT2D eigenvalue weighted by atomic mass is 35.5. The summed E-state index contributed by atoms with van der Waals surface area (Å²) >= 11 is 5.96. The number of fused-ring (bicyclic) bond motifs is 1. The SMILES string of the molecule is Clc1nssc1=Nc1ccc(OCCn2cnc3ccccc32)cc1. The fourth-order valence-corrected chi connectivity index (χ4v) is 4.40. The Morgan fingerprint density at radius 3 is 2.76 bits per heavy atom. The molecule has 0 saturated heterocycles. The highest BCUT2D eigenvalue weighted by molar-refractivity contribution is 7.66. The van der Waals surface area contributed by atoms with Gasteiger partial charge in [0.05, 0.1) is 29.6 Å². The van der Waals surface area contributed by atoms with Crippen molar-refractivity contribution in [2.24, 2.45) is 4.99 Å². The van der Waals surface area contributed by atoms with E-state index in [-0.39, 0.29) is 0 Å². The van der Waals surface area contributed by atoms with Crippen LogP contribution in [0.3, 0.4) is 0 Å². The van der Waals surface area contributed by atoms with E-state index in [4.69, 9.17) is 16.3 Å². The lowest BCUT2D eigenvalue weighted by molar-refractivity contribution is 0.300. The standard InChI is InChI=1S/C17H13ClN4OS2/c18-16-17(24-25-21-16)20-12-5-7-13(8-6-12)23-10-9-22-11-19-14-3-1-2-4-15(14)22/h1-8,11H,9-10H2. The molecule has 25 heavy (non-hydrogen) atoms. The van der Waals surface area contributed by atoms with Crippen molar-refractivity contribution < 1.29 is 4.74 Å². The lowest BCUT2D eigenvalue weighted by atomic mass is 10.3. The minimum atomic E-state index is 0.447. The maximum atomic E-state index is 5.96. The molecule has 0 aliphatic carbocycles. The molecule has 4 aromatic rings. The summed E-state index contributed by atoms with van der Waals surface area (Å²) in [6, 6.07) is 15.7. The van der Waals surface area contributed by atoms with E-state index in [1.807, 2.05) is 48.8 Å². The molecule has 0 fully saturated rings. The Labute approximate surface area is 156 Å². The zero-order valence-corrected chi connectivity index (χ0v) is 15.4. The number of benzene rings is 2. The normalized spacial score (nSPS) is 12.0. The third-order valence-electron chi connectivity index (χ3n) is 3.61. The van der Waals surface area contributed by atoms with Crippen molar-refractivity contribution in [1.29, 1.82) is 0 Å². The van der Waals surface area contributed by atoms with Gasteiger partial charge in [0.1, 0.15) is 12.4 Å². The van der Waals surface area contributed by atoms with Gasteiger partial charge in [-0.2, -0.15) is 4.37 Å². The molecular weight excluding hydrogens is 376 g/mol. The molecule has 4 rings (SSSR count). The molecule has 0 radical (unpaired) electrons. The minimum absolute atomic E-state index is 0.447. The molecule has 0 saturated carbocycles.